The van der Waals surface area contributed by atoms with E-state index in [4.69, 9.17) is 14.8 Å². The predicted octanol–water partition coefficient (Wildman–Crippen LogP) is -0.157. The number of allylic oxidation sites excluding steroid dienone is 1. The number of nitrogens with zero attached hydrogens (tertiary/aromatic N) is 4. The van der Waals surface area contributed by atoms with Crippen LogP contribution in [0.5, 0.6) is 0 Å². The predicted molar refractivity (Wildman–Crippen MR) is 141 cm³/mol. The molecule has 1 aromatic heterocycles. The molecule has 4 N–H and O–H groups in total. The number of nitrogens with one attached hydrogen (secondary N) is 1. The Morgan fingerprint density at radius 3 is 2.65 bits per heavy atom. The number of carbonyl (C=O) groups is 3. The number of oxime groups is 1. The Labute approximate surface area is 234 Å². The molecule has 0 radical (unpaired) electrons. The molecule has 2 amide bonds. The van der Waals surface area contributed by atoms with E-state index in [2.05, 4.69) is 19.8 Å². The van der Waals surface area contributed by atoms with Gasteiger partial charge in [-0.1, -0.05) is 22.9 Å². The van der Waals surface area contributed by atoms with Crippen molar-refractivity contribution >= 4 is 61.1 Å². The first kappa shape index (κ1) is 28.8. The third-order valence-corrected chi connectivity index (χ3v) is 8.93. The van der Waals surface area contributed by atoms with Crippen molar-refractivity contribution in [3.8, 4) is 0 Å². The summed E-state index contributed by atoms with van der Waals surface area (Å²) in [6.45, 7) is 3.51. The number of hydrogen-bond donors (Lipinski definition) is 3. The average molecular weight is 611 g/mol. The van der Waals surface area contributed by atoms with Crippen molar-refractivity contribution in [2.45, 2.75) is 30.2 Å². The van der Waals surface area contributed by atoms with Crippen molar-refractivity contribution in [2.75, 3.05) is 18.1 Å². The SMILES string of the molecule is CCO/N=C(\C(=O)NC1C(=O)N2C(C(=O)O)=C(/C=C/OS(=O)(=O)c3ccc(C)cc3)CS(=O)[C@H]12)c1nsc(N)n1. The van der Waals surface area contributed by atoms with E-state index in [0.717, 1.165) is 34.3 Å². The Morgan fingerprint density at radius 2 is 2.05 bits per heavy atom. The fourth-order valence-corrected chi connectivity index (χ4v) is 6.59. The second-order valence-corrected chi connectivity index (χ2v) is 12.1. The molecule has 4 rings (SSSR count). The molecule has 2 aliphatic rings. The first-order valence-corrected chi connectivity index (χ1v) is 14.9. The van der Waals surface area contributed by atoms with Gasteiger partial charge in [-0.2, -0.15) is 17.8 Å². The number of anilines is 1. The molecule has 2 aliphatic heterocycles. The first-order chi connectivity index (χ1) is 18.9. The molecule has 0 aliphatic carbocycles. The highest BCUT2D eigenvalue weighted by atomic mass is 32.2. The van der Waals surface area contributed by atoms with Gasteiger partial charge < -0.3 is 25.2 Å². The van der Waals surface area contributed by atoms with Crippen LogP contribution in [0.2, 0.25) is 0 Å². The van der Waals surface area contributed by atoms with Gasteiger partial charge in [0.15, 0.2) is 5.13 Å². The molecule has 2 aromatic rings. The lowest BCUT2D eigenvalue weighted by atomic mass is 10.0. The minimum Gasteiger partial charge on any atom is -0.477 e. The molecule has 15 nitrogen and oxygen atoms in total. The van der Waals surface area contributed by atoms with Gasteiger partial charge in [0.1, 0.15) is 34.9 Å². The lowest BCUT2D eigenvalue weighted by molar-refractivity contribution is -0.150. The van der Waals surface area contributed by atoms with Crippen LogP contribution in [0.1, 0.15) is 18.3 Å². The maximum absolute atomic E-state index is 13.1. The smallest absolute Gasteiger partial charge is 0.352 e. The minimum absolute atomic E-state index is 0.0544. The molecule has 2 unspecified atom stereocenters. The van der Waals surface area contributed by atoms with E-state index in [1.165, 1.54) is 12.1 Å². The number of nitrogen functional groups attached to an aromatic ring is 1. The maximum atomic E-state index is 13.1. The highest BCUT2D eigenvalue weighted by molar-refractivity contribution is 7.87. The van der Waals surface area contributed by atoms with Crippen molar-refractivity contribution in [3.05, 3.63) is 59.3 Å². The van der Waals surface area contributed by atoms with Crippen LogP contribution < -0.4 is 11.1 Å². The zero-order valence-corrected chi connectivity index (χ0v) is 23.3. The summed E-state index contributed by atoms with van der Waals surface area (Å²) in [7, 11) is -6.10. The van der Waals surface area contributed by atoms with Gasteiger partial charge >= 0.3 is 16.1 Å². The third kappa shape index (κ3) is 5.73. The summed E-state index contributed by atoms with van der Waals surface area (Å²) < 4.78 is 46.6. The summed E-state index contributed by atoms with van der Waals surface area (Å²) >= 11 is 0.803. The molecular formula is C22H22N6O9S3. The number of carbonyl (C=O) groups excluding carboxylic acids is 2. The molecule has 212 valence electrons. The highest BCUT2D eigenvalue weighted by Crippen LogP contribution is 2.35. The summed E-state index contributed by atoms with van der Waals surface area (Å²) in [5.41, 5.74) is 5.39. The normalized spacial score (nSPS) is 21.1. The molecule has 3 atom stereocenters. The van der Waals surface area contributed by atoms with Gasteiger partial charge in [-0.3, -0.25) is 18.7 Å². The van der Waals surface area contributed by atoms with Crippen LogP contribution in [-0.2, 0) is 44.3 Å². The molecule has 0 saturated carbocycles. The van der Waals surface area contributed by atoms with E-state index in [9.17, 15) is 32.1 Å². The van der Waals surface area contributed by atoms with Crippen molar-refractivity contribution in [3.63, 3.8) is 0 Å². The van der Waals surface area contributed by atoms with E-state index in [1.54, 1.807) is 26.0 Å². The summed E-state index contributed by atoms with van der Waals surface area (Å²) in [5, 5.41) is 14.7. The summed E-state index contributed by atoms with van der Waals surface area (Å²) in [6.07, 6.45) is 1.77. The van der Waals surface area contributed by atoms with Gasteiger partial charge in [0.05, 0.1) is 16.6 Å². The molecule has 3 heterocycles. The van der Waals surface area contributed by atoms with Gasteiger partial charge in [0.25, 0.3) is 11.8 Å². The number of carboxylic acids is 1. The van der Waals surface area contributed by atoms with E-state index in [0.29, 0.717) is 0 Å². The van der Waals surface area contributed by atoms with Crippen molar-refractivity contribution in [1.29, 1.82) is 0 Å². The van der Waals surface area contributed by atoms with Crippen LogP contribution >= 0.6 is 11.5 Å². The topological polar surface area (TPSA) is 221 Å². The number of aryl methyl sites for hydroxylation is 1. The second-order valence-electron chi connectivity index (χ2n) is 8.23. The van der Waals surface area contributed by atoms with Crippen LogP contribution in [-0.4, -0.2) is 79.3 Å². The Kier molecular flexibility index (Phi) is 8.31. The zero-order valence-electron chi connectivity index (χ0n) is 20.8. The lowest BCUT2D eigenvalue weighted by Crippen LogP contribution is -2.74. The molecule has 18 heteroatoms. The number of aliphatic carboxylic acids is 1. The van der Waals surface area contributed by atoms with Gasteiger partial charge in [-0.15, -0.1) is 0 Å². The molecular weight excluding hydrogens is 588 g/mol. The second kappa shape index (κ2) is 11.5. The number of nitrogens with two attached hydrogens (primary N) is 1. The first-order valence-electron chi connectivity index (χ1n) is 11.4. The number of fused-ring (bicyclic) bond motifs is 1. The monoisotopic (exact) mass is 610 g/mol. The average Bonchev–Trinajstić information content (AvgIpc) is 3.33. The minimum atomic E-state index is -4.21. The van der Waals surface area contributed by atoms with E-state index in [1.807, 2.05) is 0 Å². The molecule has 1 aromatic carbocycles. The fraction of sp³-hybridized carbons (Fsp3) is 0.273. The largest absolute Gasteiger partial charge is 0.477 e. The van der Waals surface area contributed by atoms with Crippen LogP contribution in [0.15, 0.2) is 57.9 Å². The van der Waals surface area contributed by atoms with Crippen molar-refractivity contribution < 1.29 is 41.1 Å². The van der Waals surface area contributed by atoms with Crippen molar-refractivity contribution in [1.82, 2.24) is 19.6 Å². The maximum Gasteiger partial charge on any atom is 0.352 e. The third-order valence-electron chi connectivity index (χ3n) is 5.56. The van der Waals surface area contributed by atoms with Crippen LogP contribution in [0.4, 0.5) is 5.13 Å². The van der Waals surface area contributed by atoms with E-state index in [-0.39, 0.29) is 39.5 Å². The number of carboxylic acid groups (broad SMARTS) is 1. The molecule has 0 bridgehead atoms. The summed E-state index contributed by atoms with van der Waals surface area (Å²) in [4.78, 5) is 47.4. The quantitative estimate of drug-likeness (QED) is 0.105. The molecule has 0 spiro atoms. The fourth-order valence-electron chi connectivity index (χ4n) is 3.73. The number of β-lactam (4-membered cyclic amide) rings is 1. The summed E-state index contributed by atoms with van der Waals surface area (Å²) in [5.74, 6) is -3.83. The van der Waals surface area contributed by atoms with Gasteiger partial charge in [0, 0.05) is 11.5 Å². The van der Waals surface area contributed by atoms with Gasteiger partial charge in [0.2, 0.25) is 11.5 Å². The number of amides is 2. The Bertz CT molecular complexity index is 1580. The van der Waals surface area contributed by atoms with Crippen LogP contribution in [0.25, 0.3) is 0 Å². The number of hydrogen-bond acceptors (Lipinski definition) is 13. The van der Waals surface area contributed by atoms with Crippen LogP contribution in [0.3, 0.4) is 0 Å². The Morgan fingerprint density at radius 1 is 1.35 bits per heavy atom. The Hall–Kier alpha value is -4.16. The molecule has 1 saturated heterocycles. The van der Waals surface area contributed by atoms with E-state index < -0.39 is 55.8 Å². The van der Waals surface area contributed by atoms with Gasteiger partial charge in [-0.05, 0) is 37.6 Å². The molecule has 1 fully saturated rings. The standard InChI is InChI=1S/C22H22N6O9S3/c1-3-36-26-14(17-25-22(23)38-27-17)18(29)24-15-19(30)28-16(21(31)32)12(10-39(33)20(15)28)8-9-37-40(34,35)13-6-4-11(2)5-7-13/h4-9,15,20H,3,10H2,1-2H3,(H,24,29)(H,31,32)(H2,23,25,27)/b9-8+,26-14-/t15?,20-,39?/m1/s1. The molecule has 40 heavy (non-hydrogen) atoms. The van der Waals surface area contributed by atoms with Gasteiger partial charge in [-0.25, -0.2) is 4.79 Å². The lowest BCUT2D eigenvalue weighted by Gasteiger charge is -2.48. The number of rotatable bonds is 10. The zero-order chi connectivity index (χ0) is 29.2. The summed E-state index contributed by atoms with van der Waals surface area (Å²) in [6, 6.07) is 4.49. The number of aromatic nitrogens is 2. The number of benzene rings is 1. The Balaban J connectivity index is 1.54. The van der Waals surface area contributed by atoms with Crippen LogP contribution in [0, 0.1) is 6.92 Å². The van der Waals surface area contributed by atoms with Crippen molar-refractivity contribution in [2.24, 2.45) is 5.16 Å². The highest BCUT2D eigenvalue weighted by Gasteiger charge is 2.57. The van der Waals surface area contributed by atoms with E-state index >= 15 is 0 Å².